The van der Waals surface area contributed by atoms with Gasteiger partial charge < -0.3 is 4.52 Å². The van der Waals surface area contributed by atoms with Crippen molar-refractivity contribution in [2.24, 2.45) is 0 Å². The molecule has 0 saturated heterocycles. The highest BCUT2D eigenvalue weighted by Crippen LogP contribution is 2.22. The van der Waals surface area contributed by atoms with Crippen LogP contribution in [-0.4, -0.2) is 14.7 Å². The minimum Gasteiger partial charge on any atom is -0.360 e. The lowest BCUT2D eigenvalue weighted by Crippen LogP contribution is -2.23. The zero-order valence-corrected chi connectivity index (χ0v) is 14.1. The Morgan fingerprint density at radius 1 is 1.30 bits per heavy atom. The van der Waals surface area contributed by atoms with E-state index in [-0.39, 0.29) is 5.56 Å². The van der Waals surface area contributed by atoms with E-state index in [1.54, 1.807) is 4.57 Å². The number of aromatic nitrogens is 3. The molecule has 3 aromatic rings. The first-order chi connectivity index (χ1) is 11.2. The van der Waals surface area contributed by atoms with E-state index < -0.39 is 0 Å². The molecular weight excluding hydrogens is 310 g/mol. The van der Waals surface area contributed by atoms with Crippen LogP contribution in [0.25, 0.3) is 10.9 Å². The SMILES string of the molecule is CCCCn1c(SCc2cc(C)no2)nc2ccccc2c1=O. The van der Waals surface area contributed by atoms with Gasteiger partial charge in [0.05, 0.1) is 22.3 Å². The second-order valence-electron chi connectivity index (χ2n) is 5.45. The van der Waals surface area contributed by atoms with Gasteiger partial charge >= 0.3 is 0 Å². The van der Waals surface area contributed by atoms with Crippen molar-refractivity contribution in [3.8, 4) is 0 Å². The van der Waals surface area contributed by atoms with Crippen molar-refractivity contribution in [3.05, 3.63) is 52.1 Å². The zero-order valence-electron chi connectivity index (χ0n) is 13.3. The molecule has 0 N–H and O–H groups in total. The molecule has 2 aromatic heterocycles. The van der Waals surface area contributed by atoms with Crippen molar-refractivity contribution in [1.29, 1.82) is 0 Å². The summed E-state index contributed by atoms with van der Waals surface area (Å²) in [5.41, 5.74) is 1.62. The first-order valence-electron chi connectivity index (χ1n) is 7.73. The second kappa shape index (κ2) is 7.00. The molecule has 0 atom stereocenters. The number of benzene rings is 1. The fourth-order valence-electron chi connectivity index (χ4n) is 2.39. The predicted molar refractivity (Wildman–Crippen MR) is 91.7 cm³/mol. The highest BCUT2D eigenvalue weighted by Gasteiger charge is 2.12. The number of hydrogen-bond donors (Lipinski definition) is 0. The first kappa shape index (κ1) is 15.8. The molecule has 0 amide bonds. The molecule has 0 aliphatic rings. The van der Waals surface area contributed by atoms with Crippen LogP contribution in [0.5, 0.6) is 0 Å². The van der Waals surface area contributed by atoms with Crippen LogP contribution < -0.4 is 5.56 Å². The molecule has 2 heterocycles. The Morgan fingerprint density at radius 3 is 2.87 bits per heavy atom. The molecule has 120 valence electrons. The fourth-order valence-corrected chi connectivity index (χ4v) is 3.29. The van der Waals surface area contributed by atoms with E-state index in [4.69, 9.17) is 4.52 Å². The molecule has 0 bridgehead atoms. The average molecular weight is 329 g/mol. The van der Waals surface area contributed by atoms with Crippen molar-refractivity contribution in [1.82, 2.24) is 14.7 Å². The van der Waals surface area contributed by atoms with E-state index in [1.165, 1.54) is 11.8 Å². The standard InChI is InChI=1S/C17H19N3O2S/c1-3-4-9-20-16(21)14-7-5-6-8-15(14)18-17(20)23-11-13-10-12(2)19-22-13/h5-8,10H,3-4,9,11H2,1-2H3. The maximum Gasteiger partial charge on any atom is 0.262 e. The number of aryl methyl sites for hydroxylation is 1. The lowest BCUT2D eigenvalue weighted by atomic mass is 10.2. The molecule has 23 heavy (non-hydrogen) atoms. The van der Waals surface area contributed by atoms with Crippen LogP contribution in [0.15, 0.2) is 44.8 Å². The molecule has 0 radical (unpaired) electrons. The van der Waals surface area contributed by atoms with Crippen molar-refractivity contribution in [2.75, 3.05) is 0 Å². The van der Waals surface area contributed by atoms with Gasteiger partial charge in [-0.1, -0.05) is 42.4 Å². The molecule has 1 aromatic carbocycles. The van der Waals surface area contributed by atoms with Crippen molar-refractivity contribution in [2.45, 2.75) is 44.1 Å². The average Bonchev–Trinajstić information content (AvgIpc) is 2.98. The summed E-state index contributed by atoms with van der Waals surface area (Å²) < 4.78 is 7.02. The number of thioether (sulfide) groups is 1. The number of rotatable bonds is 6. The largest absolute Gasteiger partial charge is 0.360 e. The Kier molecular flexibility index (Phi) is 4.81. The topological polar surface area (TPSA) is 60.9 Å². The summed E-state index contributed by atoms with van der Waals surface area (Å²) in [4.78, 5) is 17.4. The summed E-state index contributed by atoms with van der Waals surface area (Å²) in [5.74, 6) is 1.40. The molecule has 6 heteroatoms. The summed E-state index contributed by atoms with van der Waals surface area (Å²) in [5, 5.41) is 5.29. The quantitative estimate of drug-likeness (QED) is 0.509. The smallest absolute Gasteiger partial charge is 0.262 e. The molecular formula is C17H19N3O2S. The zero-order chi connectivity index (χ0) is 16.2. The highest BCUT2D eigenvalue weighted by molar-refractivity contribution is 7.98. The van der Waals surface area contributed by atoms with E-state index in [0.29, 0.717) is 17.7 Å². The predicted octanol–water partition coefficient (Wildman–Crippen LogP) is 3.79. The van der Waals surface area contributed by atoms with Gasteiger partial charge in [-0.25, -0.2) is 4.98 Å². The normalized spacial score (nSPS) is 11.2. The van der Waals surface area contributed by atoms with Crippen LogP contribution in [0.2, 0.25) is 0 Å². The number of fused-ring (bicyclic) bond motifs is 1. The summed E-state index contributed by atoms with van der Waals surface area (Å²) in [6, 6.07) is 9.40. The van der Waals surface area contributed by atoms with E-state index >= 15 is 0 Å². The van der Waals surface area contributed by atoms with Gasteiger partial charge in [0.2, 0.25) is 0 Å². The minimum absolute atomic E-state index is 0.0281. The Hall–Kier alpha value is -2.08. The third kappa shape index (κ3) is 3.47. The highest BCUT2D eigenvalue weighted by atomic mass is 32.2. The van der Waals surface area contributed by atoms with Gasteiger partial charge in [0.25, 0.3) is 5.56 Å². The van der Waals surface area contributed by atoms with E-state index in [1.807, 2.05) is 37.3 Å². The lowest BCUT2D eigenvalue weighted by molar-refractivity contribution is 0.390. The van der Waals surface area contributed by atoms with Gasteiger partial charge in [-0.05, 0) is 25.5 Å². The number of nitrogens with zero attached hydrogens (tertiary/aromatic N) is 3. The minimum atomic E-state index is 0.0281. The van der Waals surface area contributed by atoms with Crippen molar-refractivity contribution < 1.29 is 4.52 Å². The molecule has 0 aliphatic heterocycles. The number of hydrogen-bond acceptors (Lipinski definition) is 5. The van der Waals surface area contributed by atoms with Crippen LogP contribution in [0.1, 0.15) is 31.2 Å². The van der Waals surface area contributed by atoms with Crippen molar-refractivity contribution in [3.63, 3.8) is 0 Å². The molecule has 0 saturated carbocycles. The van der Waals surface area contributed by atoms with Crippen LogP contribution in [0, 0.1) is 6.92 Å². The molecule has 0 fully saturated rings. The molecule has 0 spiro atoms. The van der Waals surface area contributed by atoms with Crippen LogP contribution in [0.3, 0.4) is 0 Å². The maximum absolute atomic E-state index is 12.7. The molecule has 0 unspecified atom stereocenters. The number of para-hydroxylation sites is 1. The van der Waals surface area contributed by atoms with Gasteiger partial charge in [0, 0.05) is 12.6 Å². The Morgan fingerprint density at radius 2 is 2.13 bits per heavy atom. The van der Waals surface area contributed by atoms with E-state index in [0.717, 1.165) is 35.0 Å². The fraction of sp³-hybridized carbons (Fsp3) is 0.353. The van der Waals surface area contributed by atoms with E-state index in [2.05, 4.69) is 17.1 Å². The third-order valence-electron chi connectivity index (χ3n) is 3.58. The monoisotopic (exact) mass is 329 g/mol. The molecule has 3 rings (SSSR count). The van der Waals surface area contributed by atoms with E-state index in [9.17, 15) is 4.79 Å². The number of unbranched alkanes of at least 4 members (excludes halogenated alkanes) is 1. The summed E-state index contributed by atoms with van der Waals surface area (Å²) in [6.45, 7) is 4.69. The van der Waals surface area contributed by atoms with Crippen molar-refractivity contribution >= 4 is 22.7 Å². The summed E-state index contributed by atoms with van der Waals surface area (Å²) in [7, 11) is 0. The lowest BCUT2D eigenvalue weighted by Gasteiger charge is -2.12. The van der Waals surface area contributed by atoms with Gasteiger partial charge in [0.15, 0.2) is 5.16 Å². The van der Waals surface area contributed by atoms with Crippen LogP contribution in [-0.2, 0) is 12.3 Å². The second-order valence-corrected chi connectivity index (χ2v) is 6.39. The first-order valence-corrected chi connectivity index (χ1v) is 8.72. The Labute approximate surface area is 138 Å². The molecule has 5 nitrogen and oxygen atoms in total. The summed E-state index contributed by atoms with van der Waals surface area (Å²) >= 11 is 1.51. The van der Waals surface area contributed by atoms with Gasteiger partial charge in [0.1, 0.15) is 5.76 Å². The van der Waals surface area contributed by atoms with Crippen LogP contribution in [0.4, 0.5) is 0 Å². The molecule has 0 aliphatic carbocycles. The summed E-state index contributed by atoms with van der Waals surface area (Å²) in [6.07, 6.45) is 1.99. The van der Waals surface area contributed by atoms with Gasteiger partial charge in [-0.15, -0.1) is 0 Å². The van der Waals surface area contributed by atoms with Gasteiger partial charge in [-0.2, -0.15) is 0 Å². The third-order valence-corrected chi connectivity index (χ3v) is 4.58. The van der Waals surface area contributed by atoms with Crippen LogP contribution >= 0.6 is 11.8 Å². The van der Waals surface area contributed by atoms with Gasteiger partial charge in [-0.3, -0.25) is 9.36 Å². The maximum atomic E-state index is 12.7. The Balaban J connectivity index is 1.97. The Bertz CT molecular complexity index is 870.